The van der Waals surface area contributed by atoms with Gasteiger partial charge in [0.05, 0.1) is 11.8 Å². The second-order valence-electron chi connectivity index (χ2n) is 7.08. The summed E-state index contributed by atoms with van der Waals surface area (Å²) >= 11 is 0. The summed E-state index contributed by atoms with van der Waals surface area (Å²) in [6, 6.07) is 10.1. The van der Waals surface area contributed by atoms with Gasteiger partial charge in [0.2, 0.25) is 11.8 Å². The Morgan fingerprint density at radius 1 is 1.00 bits per heavy atom. The Morgan fingerprint density at radius 2 is 1.68 bits per heavy atom. The van der Waals surface area contributed by atoms with E-state index < -0.39 is 0 Å². The van der Waals surface area contributed by atoms with E-state index in [1.54, 1.807) is 0 Å². The molecule has 1 saturated heterocycles. The molecule has 2 aromatic rings. The first-order valence-electron chi connectivity index (χ1n) is 8.74. The molecule has 126 valence electrons. The van der Waals surface area contributed by atoms with Gasteiger partial charge in [0, 0.05) is 6.42 Å². The van der Waals surface area contributed by atoms with Crippen molar-refractivity contribution in [1.29, 1.82) is 0 Å². The standard InChI is InChI=1S/C19H18N4O2/c24-17-15-12-7-8-13(10-12)16(15)18(25)23(17)19-20-14(21-22-19)9-6-11-4-2-1-3-5-11/h1-5,7-8,12-13,15-16H,6,9-10H2,(H,20,21,22)/t12-,13+,15+,16-. The predicted molar refractivity (Wildman–Crippen MR) is 90.4 cm³/mol. The summed E-state index contributed by atoms with van der Waals surface area (Å²) in [5, 5.41) is 7.01. The zero-order valence-electron chi connectivity index (χ0n) is 13.6. The van der Waals surface area contributed by atoms with E-state index in [1.807, 2.05) is 18.2 Å². The van der Waals surface area contributed by atoms with E-state index in [0.717, 1.165) is 12.8 Å². The summed E-state index contributed by atoms with van der Waals surface area (Å²) in [4.78, 5) is 31.1. The smallest absolute Gasteiger partial charge is 0.258 e. The molecule has 0 unspecified atom stereocenters. The van der Waals surface area contributed by atoms with E-state index in [2.05, 4.69) is 39.5 Å². The molecule has 0 radical (unpaired) electrons. The lowest BCUT2D eigenvalue weighted by molar-refractivity contribution is -0.123. The normalized spacial score (nSPS) is 29.7. The molecule has 5 rings (SSSR count). The number of imide groups is 1. The van der Waals surface area contributed by atoms with Crippen molar-refractivity contribution in [3.05, 3.63) is 53.9 Å². The lowest BCUT2D eigenvalue weighted by Crippen LogP contribution is -2.33. The van der Waals surface area contributed by atoms with Gasteiger partial charge in [0.15, 0.2) is 0 Å². The minimum Gasteiger partial charge on any atom is -0.274 e. The Bertz CT molecular complexity index is 843. The second kappa shape index (κ2) is 5.37. The topological polar surface area (TPSA) is 79.0 Å². The molecule has 0 spiro atoms. The van der Waals surface area contributed by atoms with E-state index in [9.17, 15) is 9.59 Å². The number of rotatable bonds is 4. The lowest BCUT2D eigenvalue weighted by Gasteiger charge is -2.14. The van der Waals surface area contributed by atoms with Crippen LogP contribution in [-0.2, 0) is 22.4 Å². The summed E-state index contributed by atoms with van der Waals surface area (Å²) in [7, 11) is 0. The fourth-order valence-electron chi connectivity index (χ4n) is 4.50. The van der Waals surface area contributed by atoms with Crippen LogP contribution in [0.2, 0.25) is 0 Å². The van der Waals surface area contributed by atoms with Crippen LogP contribution < -0.4 is 4.90 Å². The van der Waals surface area contributed by atoms with Gasteiger partial charge in [-0.1, -0.05) is 42.5 Å². The number of aromatic amines is 1. The lowest BCUT2D eigenvalue weighted by atomic mass is 9.85. The number of hydrogen-bond donors (Lipinski definition) is 1. The number of amides is 2. The molecule has 2 bridgehead atoms. The van der Waals surface area contributed by atoms with Gasteiger partial charge >= 0.3 is 0 Å². The molecule has 1 saturated carbocycles. The molecular formula is C19H18N4O2. The highest BCUT2D eigenvalue weighted by Crippen LogP contribution is 2.52. The van der Waals surface area contributed by atoms with Crippen LogP contribution in [-0.4, -0.2) is 27.0 Å². The zero-order chi connectivity index (χ0) is 17.0. The maximum Gasteiger partial charge on any atom is 0.258 e. The quantitative estimate of drug-likeness (QED) is 0.684. The third-order valence-corrected chi connectivity index (χ3v) is 5.68. The Labute approximate surface area is 144 Å². The fourth-order valence-corrected chi connectivity index (χ4v) is 4.50. The van der Waals surface area contributed by atoms with Crippen molar-refractivity contribution in [3.8, 4) is 0 Å². The molecule has 1 aliphatic heterocycles. The highest BCUT2D eigenvalue weighted by atomic mass is 16.2. The van der Waals surface area contributed by atoms with E-state index in [0.29, 0.717) is 12.2 Å². The summed E-state index contributed by atoms with van der Waals surface area (Å²) < 4.78 is 0. The van der Waals surface area contributed by atoms with Crippen molar-refractivity contribution in [2.75, 3.05) is 4.90 Å². The maximum atomic E-state index is 12.8. The average Bonchev–Trinajstić information content (AvgIpc) is 3.39. The van der Waals surface area contributed by atoms with Crippen LogP contribution in [0.4, 0.5) is 5.95 Å². The minimum absolute atomic E-state index is 0.138. The number of hydrogen-bond acceptors (Lipinski definition) is 4. The van der Waals surface area contributed by atoms with Crippen molar-refractivity contribution in [3.63, 3.8) is 0 Å². The summed E-state index contributed by atoms with van der Waals surface area (Å²) in [6.45, 7) is 0. The number of carbonyl (C=O) groups excluding carboxylic acids is 2. The van der Waals surface area contributed by atoms with Crippen LogP contribution in [0.15, 0.2) is 42.5 Å². The number of benzene rings is 1. The van der Waals surface area contributed by atoms with Crippen molar-refractivity contribution in [2.45, 2.75) is 19.3 Å². The third kappa shape index (κ3) is 2.17. The molecule has 6 nitrogen and oxygen atoms in total. The Balaban J connectivity index is 1.34. The van der Waals surface area contributed by atoms with E-state index >= 15 is 0 Å². The van der Waals surface area contributed by atoms with Crippen LogP contribution in [0.5, 0.6) is 0 Å². The summed E-state index contributed by atoms with van der Waals surface area (Å²) in [6.07, 6.45) is 6.62. The number of carbonyl (C=O) groups is 2. The molecule has 25 heavy (non-hydrogen) atoms. The van der Waals surface area contributed by atoms with E-state index in [4.69, 9.17) is 0 Å². The van der Waals surface area contributed by atoms with Gasteiger partial charge < -0.3 is 0 Å². The molecule has 6 heteroatoms. The van der Waals surface area contributed by atoms with Crippen LogP contribution in [0, 0.1) is 23.7 Å². The first-order chi connectivity index (χ1) is 12.2. The first kappa shape index (κ1) is 14.6. The summed E-state index contributed by atoms with van der Waals surface area (Å²) in [5.41, 5.74) is 1.21. The molecule has 2 aliphatic carbocycles. The molecule has 1 N–H and O–H groups in total. The largest absolute Gasteiger partial charge is 0.274 e. The number of aromatic nitrogens is 3. The van der Waals surface area contributed by atoms with Gasteiger partial charge in [0.1, 0.15) is 5.82 Å². The number of fused-ring (bicyclic) bond motifs is 5. The van der Waals surface area contributed by atoms with Gasteiger partial charge in [-0.2, -0.15) is 4.98 Å². The molecule has 2 fully saturated rings. The molecule has 1 aromatic heterocycles. The zero-order valence-corrected chi connectivity index (χ0v) is 13.6. The van der Waals surface area contributed by atoms with Crippen LogP contribution in [0.25, 0.3) is 0 Å². The molecule has 4 atom stereocenters. The van der Waals surface area contributed by atoms with Crippen LogP contribution >= 0.6 is 0 Å². The maximum absolute atomic E-state index is 12.8. The number of nitrogens with zero attached hydrogens (tertiary/aromatic N) is 3. The van der Waals surface area contributed by atoms with Crippen LogP contribution in [0.3, 0.4) is 0 Å². The fraction of sp³-hybridized carbons (Fsp3) is 0.368. The predicted octanol–water partition coefficient (Wildman–Crippen LogP) is 1.90. The molecule has 3 aliphatic rings. The van der Waals surface area contributed by atoms with Gasteiger partial charge in [-0.25, -0.2) is 4.90 Å². The highest BCUT2D eigenvalue weighted by molar-refractivity contribution is 6.21. The third-order valence-electron chi connectivity index (χ3n) is 5.68. The Morgan fingerprint density at radius 3 is 2.36 bits per heavy atom. The molecule has 2 amide bonds. The number of allylic oxidation sites excluding steroid dienone is 2. The van der Waals surface area contributed by atoms with Gasteiger partial charge in [-0.05, 0) is 30.2 Å². The van der Waals surface area contributed by atoms with E-state index in [-0.39, 0.29) is 41.4 Å². The molecule has 1 aromatic carbocycles. The van der Waals surface area contributed by atoms with Crippen molar-refractivity contribution >= 4 is 17.8 Å². The summed E-state index contributed by atoms with van der Waals surface area (Å²) in [5.74, 6) is 0.591. The monoisotopic (exact) mass is 334 g/mol. The Kier molecular flexibility index (Phi) is 3.13. The SMILES string of the molecule is O=C1[C@@H]2[C@H](C(=O)N1c1n[nH]c(CCc3ccccc3)n1)[C@H]1C=C[C@@H]2C1. The highest BCUT2D eigenvalue weighted by Gasteiger charge is 2.60. The minimum atomic E-state index is -0.214. The number of anilines is 1. The number of aryl methyl sites for hydroxylation is 2. The number of nitrogens with one attached hydrogen (secondary N) is 1. The van der Waals surface area contributed by atoms with Crippen molar-refractivity contribution in [1.82, 2.24) is 15.2 Å². The number of H-pyrrole nitrogens is 1. The van der Waals surface area contributed by atoms with Crippen LogP contribution in [0.1, 0.15) is 17.8 Å². The van der Waals surface area contributed by atoms with Gasteiger partial charge in [0.25, 0.3) is 5.95 Å². The Hall–Kier alpha value is -2.76. The van der Waals surface area contributed by atoms with E-state index in [1.165, 1.54) is 10.5 Å². The second-order valence-corrected chi connectivity index (χ2v) is 7.08. The van der Waals surface area contributed by atoms with Gasteiger partial charge in [-0.15, -0.1) is 5.10 Å². The van der Waals surface area contributed by atoms with Crippen molar-refractivity contribution < 1.29 is 9.59 Å². The molecular weight excluding hydrogens is 316 g/mol. The van der Waals surface area contributed by atoms with Crippen molar-refractivity contribution in [2.24, 2.45) is 23.7 Å². The molecule has 2 heterocycles. The first-order valence-corrected chi connectivity index (χ1v) is 8.74. The average molecular weight is 334 g/mol. The van der Waals surface area contributed by atoms with Gasteiger partial charge in [-0.3, -0.25) is 14.7 Å².